The average molecular weight is 791 g/mol. The highest BCUT2D eigenvalue weighted by molar-refractivity contribution is 6.00. The molecular formula is C50H66N2O6. The number of phenolic OH excluding ortho intramolecular Hbond substituents is 1. The molecule has 5 fully saturated rings. The van der Waals surface area contributed by atoms with Crippen molar-refractivity contribution in [1.82, 2.24) is 5.32 Å². The van der Waals surface area contributed by atoms with Gasteiger partial charge in [0.1, 0.15) is 17.6 Å². The molecule has 1 heterocycles. The summed E-state index contributed by atoms with van der Waals surface area (Å²) in [6.07, 6.45) is 9.72. The lowest BCUT2D eigenvalue weighted by atomic mass is 9.33. The zero-order valence-corrected chi connectivity index (χ0v) is 35.7. The molecule has 2 aromatic rings. The number of ether oxygens (including phenoxy) is 1. The number of allylic oxidation sites excluding steroid dienone is 4. The maximum atomic E-state index is 14.9. The predicted octanol–water partition coefficient (Wildman–Crippen LogP) is 8.15. The van der Waals surface area contributed by atoms with Gasteiger partial charge in [-0.3, -0.25) is 9.59 Å². The minimum atomic E-state index is -0.775. The number of nitrogen functional groups attached to an aromatic ring is 1. The summed E-state index contributed by atoms with van der Waals surface area (Å²) in [4.78, 5) is 29.4. The Morgan fingerprint density at radius 2 is 1.79 bits per heavy atom. The van der Waals surface area contributed by atoms with E-state index in [0.29, 0.717) is 44.1 Å². The molecule has 1 saturated heterocycles. The van der Waals surface area contributed by atoms with Gasteiger partial charge < -0.3 is 31.1 Å². The molecule has 10 rings (SSSR count). The van der Waals surface area contributed by atoms with Crippen LogP contribution < -0.4 is 11.1 Å². The average Bonchev–Trinajstić information content (AvgIpc) is 3.53. The van der Waals surface area contributed by atoms with Gasteiger partial charge >= 0.3 is 0 Å². The Balaban J connectivity index is 1.01. The number of carbonyl (C=O) groups excluding carboxylic acids is 2. The molecular weight excluding hydrogens is 725 g/mol. The van der Waals surface area contributed by atoms with Gasteiger partial charge in [-0.1, -0.05) is 77.0 Å². The number of aliphatic hydroxyl groups is 2. The zero-order chi connectivity index (χ0) is 41.3. The van der Waals surface area contributed by atoms with Gasteiger partial charge in [0.05, 0.1) is 23.7 Å². The van der Waals surface area contributed by atoms with Crippen LogP contribution in [0.4, 0.5) is 5.69 Å². The molecule has 8 heteroatoms. The number of rotatable bonds is 9. The minimum absolute atomic E-state index is 0.131. The molecule has 0 spiro atoms. The van der Waals surface area contributed by atoms with Gasteiger partial charge in [-0.25, -0.2) is 0 Å². The van der Waals surface area contributed by atoms with Crippen LogP contribution in [0.2, 0.25) is 0 Å². The SMILES string of the molecule is CNCc1cc(O)cc(C2C(=O)C3(C)CC=CC2C2(C)C3C(O)CC3(C)C2CCC2=C(C(C)CC(O)C4OC4(C)C4CCCC4c4cccc(N)c4)C(=O)CC23C)c1. The molecule has 2 bridgehead atoms. The van der Waals surface area contributed by atoms with E-state index in [2.05, 4.69) is 77.2 Å². The summed E-state index contributed by atoms with van der Waals surface area (Å²) >= 11 is 0. The number of nitrogens with two attached hydrogens (primary N) is 1. The highest BCUT2D eigenvalue weighted by Crippen LogP contribution is 2.77. The van der Waals surface area contributed by atoms with Crippen molar-refractivity contribution in [2.75, 3.05) is 12.8 Å². The monoisotopic (exact) mass is 790 g/mol. The minimum Gasteiger partial charge on any atom is -0.508 e. The lowest BCUT2D eigenvalue weighted by Crippen LogP contribution is -2.69. The Morgan fingerprint density at radius 3 is 2.53 bits per heavy atom. The molecule has 8 aliphatic rings. The van der Waals surface area contributed by atoms with Crippen LogP contribution >= 0.6 is 0 Å². The van der Waals surface area contributed by atoms with Gasteiger partial charge in [-0.2, -0.15) is 0 Å². The number of phenols is 1. The number of fused-ring (bicyclic) bond motifs is 5. The largest absolute Gasteiger partial charge is 0.508 e. The van der Waals surface area contributed by atoms with E-state index in [-0.39, 0.29) is 47.1 Å². The van der Waals surface area contributed by atoms with E-state index in [4.69, 9.17) is 10.5 Å². The molecule has 1 aliphatic heterocycles. The van der Waals surface area contributed by atoms with Crippen molar-refractivity contribution in [1.29, 1.82) is 0 Å². The summed E-state index contributed by atoms with van der Waals surface area (Å²) in [7, 11) is 1.88. The van der Waals surface area contributed by atoms with E-state index >= 15 is 0 Å². The van der Waals surface area contributed by atoms with Crippen molar-refractivity contribution in [3.05, 3.63) is 82.5 Å². The Bertz CT molecular complexity index is 2090. The first-order valence-corrected chi connectivity index (χ1v) is 22.3. The third-order valence-corrected chi connectivity index (χ3v) is 18.1. The molecule has 15 atom stereocenters. The summed E-state index contributed by atoms with van der Waals surface area (Å²) in [5, 5.41) is 38.5. The molecule has 7 aliphatic carbocycles. The molecule has 8 nitrogen and oxygen atoms in total. The normalized spacial score (nSPS) is 43.8. The molecule has 4 saturated carbocycles. The zero-order valence-electron chi connectivity index (χ0n) is 35.7. The second-order valence-electron chi connectivity index (χ2n) is 21.1. The summed E-state index contributed by atoms with van der Waals surface area (Å²) in [5.74, 6) is 0.305. The van der Waals surface area contributed by atoms with Crippen molar-refractivity contribution in [3.8, 4) is 5.75 Å². The summed E-state index contributed by atoms with van der Waals surface area (Å²) in [6, 6.07) is 13.8. The van der Waals surface area contributed by atoms with Gasteiger partial charge in [-0.05, 0) is 146 Å². The van der Waals surface area contributed by atoms with Crippen molar-refractivity contribution in [2.24, 2.45) is 51.2 Å². The first-order chi connectivity index (χ1) is 27.4. The molecule has 0 radical (unpaired) electrons. The number of epoxide rings is 1. The first kappa shape index (κ1) is 40.1. The molecule has 2 aromatic carbocycles. The fourth-order valence-corrected chi connectivity index (χ4v) is 15.6. The highest BCUT2D eigenvalue weighted by atomic mass is 16.6. The number of hydrogen-bond donors (Lipinski definition) is 5. The fraction of sp³-hybridized carbons (Fsp3) is 0.640. The van der Waals surface area contributed by atoms with Crippen LogP contribution in [0.25, 0.3) is 0 Å². The highest BCUT2D eigenvalue weighted by Gasteiger charge is 2.74. The second kappa shape index (κ2) is 13.6. The van der Waals surface area contributed by atoms with E-state index in [1.165, 1.54) is 11.1 Å². The number of nitrogens with one attached hydrogen (secondary N) is 1. The van der Waals surface area contributed by atoms with Gasteiger partial charge in [0, 0.05) is 35.4 Å². The first-order valence-electron chi connectivity index (χ1n) is 22.3. The van der Waals surface area contributed by atoms with E-state index < -0.39 is 45.4 Å². The summed E-state index contributed by atoms with van der Waals surface area (Å²) < 4.78 is 6.47. The van der Waals surface area contributed by atoms with Crippen molar-refractivity contribution >= 4 is 17.3 Å². The Labute approximate surface area is 345 Å². The topological polar surface area (TPSA) is 145 Å². The van der Waals surface area contributed by atoms with E-state index in [9.17, 15) is 24.9 Å². The Morgan fingerprint density at radius 1 is 1.02 bits per heavy atom. The number of anilines is 1. The molecule has 58 heavy (non-hydrogen) atoms. The van der Waals surface area contributed by atoms with Crippen LogP contribution in [0, 0.1) is 51.2 Å². The fourth-order valence-electron chi connectivity index (χ4n) is 15.6. The smallest absolute Gasteiger partial charge is 0.159 e. The van der Waals surface area contributed by atoms with Gasteiger partial charge in [-0.15, -0.1) is 0 Å². The van der Waals surface area contributed by atoms with Gasteiger partial charge in [0.2, 0.25) is 0 Å². The molecule has 0 amide bonds. The van der Waals surface area contributed by atoms with Crippen molar-refractivity contribution in [2.45, 2.75) is 142 Å². The number of hydrogen-bond acceptors (Lipinski definition) is 8. The summed E-state index contributed by atoms with van der Waals surface area (Å²) in [6.45, 7) is 13.9. The number of carbonyl (C=O) groups is 2. The quantitative estimate of drug-likeness (QED) is 0.0973. The standard InChI is InChI=1S/C50H66N2O6/c1-27(19-37(54)45-50(6,58-45)34-14-9-13-33(34)29-11-8-12-31(51)22-29)41-35-16-17-40-48(4,47(35,3)24-38(41)55)25-39(56)43-46(2)18-10-15-36(49(40,43)5)42(44(46)57)30-20-28(26-52-7)21-32(53)23-30/h8,10-12,15,20-23,27,33-34,36-37,39-40,42-43,45,52-54,56H,9,13-14,16-19,24-26,51H2,1-7H3. The van der Waals surface area contributed by atoms with Crippen LogP contribution in [0.3, 0.4) is 0 Å². The summed E-state index contributed by atoms with van der Waals surface area (Å²) in [5.41, 5.74) is 9.59. The Hall–Kier alpha value is -3.30. The molecule has 0 aromatic heterocycles. The van der Waals surface area contributed by atoms with Crippen LogP contribution in [-0.2, 0) is 20.9 Å². The van der Waals surface area contributed by atoms with Crippen LogP contribution in [0.15, 0.2) is 65.8 Å². The van der Waals surface area contributed by atoms with E-state index in [1.807, 2.05) is 19.2 Å². The lowest BCUT2D eigenvalue weighted by molar-refractivity contribution is -0.231. The number of aromatic hydroxyl groups is 1. The third kappa shape index (κ3) is 5.52. The third-order valence-electron chi connectivity index (χ3n) is 18.1. The lowest BCUT2D eigenvalue weighted by Gasteiger charge is -2.71. The van der Waals surface area contributed by atoms with Crippen LogP contribution in [0.1, 0.15) is 128 Å². The number of Topliss-reactive ketones (excluding diaryl/α,β-unsaturated/α-hetero) is 2. The van der Waals surface area contributed by atoms with Gasteiger partial charge in [0.15, 0.2) is 5.78 Å². The van der Waals surface area contributed by atoms with Crippen molar-refractivity contribution in [3.63, 3.8) is 0 Å². The Kier molecular flexibility index (Phi) is 9.41. The number of aliphatic hydroxyl groups excluding tert-OH is 2. The van der Waals surface area contributed by atoms with Crippen LogP contribution in [0.5, 0.6) is 5.75 Å². The van der Waals surface area contributed by atoms with Gasteiger partial charge in [0.25, 0.3) is 0 Å². The number of benzene rings is 2. The van der Waals surface area contributed by atoms with E-state index in [0.717, 1.165) is 54.5 Å². The second-order valence-corrected chi connectivity index (χ2v) is 21.1. The predicted molar refractivity (Wildman–Crippen MR) is 226 cm³/mol. The van der Waals surface area contributed by atoms with E-state index in [1.54, 1.807) is 12.1 Å². The number of ketones is 2. The van der Waals surface area contributed by atoms with Crippen LogP contribution in [-0.4, -0.2) is 57.8 Å². The maximum absolute atomic E-state index is 14.9. The molecule has 6 N–H and O–H groups in total. The molecule has 15 unspecified atom stereocenters. The van der Waals surface area contributed by atoms with Crippen molar-refractivity contribution < 1.29 is 29.6 Å². The maximum Gasteiger partial charge on any atom is 0.159 e. The molecule has 312 valence electrons.